The van der Waals surface area contributed by atoms with Crippen LogP contribution in [0, 0.1) is 5.82 Å². The minimum Gasteiger partial charge on any atom is -0.395 e. The van der Waals surface area contributed by atoms with Crippen molar-refractivity contribution < 1.29 is 14.3 Å². The molecule has 0 spiro atoms. The Hall–Kier alpha value is -3.10. The van der Waals surface area contributed by atoms with Gasteiger partial charge in [0.2, 0.25) is 5.91 Å². The van der Waals surface area contributed by atoms with Crippen molar-refractivity contribution in [3.63, 3.8) is 0 Å². The molecule has 1 heterocycles. The van der Waals surface area contributed by atoms with E-state index in [4.69, 9.17) is 5.11 Å². The molecule has 150 valence electrons. The Kier molecular flexibility index (Phi) is 7.04. The van der Waals surface area contributed by atoms with E-state index in [-0.39, 0.29) is 24.8 Å². The van der Waals surface area contributed by atoms with E-state index in [1.54, 1.807) is 18.3 Å². The number of anilines is 1. The number of nitrogens with one attached hydrogen (secondary N) is 1. The van der Waals surface area contributed by atoms with Gasteiger partial charge in [0.05, 0.1) is 24.9 Å². The largest absolute Gasteiger partial charge is 0.395 e. The molecular weight excluding hydrogens is 391 g/mol. The Bertz CT molecular complexity index is 971. The third-order valence-electron chi connectivity index (χ3n) is 4.16. The second-order valence-electron chi connectivity index (χ2n) is 6.36. The van der Waals surface area contributed by atoms with Crippen LogP contribution in [-0.4, -0.2) is 42.4 Å². The number of hydrogen-bond acceptors (Lipinski definition) is 6. The summed E-state index contributed by atoms with van der Waals surface area (Å²) in [5.74, 6) is -0.564. The molecule has 0 aliphatic heterocycles. The van der Waals surface area contributed by atoms with Gasteiger partial charge in [-0.3, -0.25) is 4.79 Å². The summed E-state index contributed by atoms with van der Waals surface area (Å²) in [6, 6.07) is 13.7. The molecule has 0 saturated heterocycles. The first-order valence-electron chi connectivity index (χ1n) is 8.99. The molecular formula is C21H21FN4O2S. The molecule has 0 radical (unpaired) electrons. The van der Waals surface area contributed by atoms with Gasteiger partial charge in [-0.15, -0.1) is 11.3 Å². The lowest BCUT2D eigenvalue weighted by Crippen LogP contribution is -2.21. The number of hydrogen-bond donors (Lipinski definition) is 2. The molecule has 0 aliphatic carbocycles. The highest BCUT2D eigenvalue weighted by atomic mass is 32.1. The zero-order valence-electron chi connectivity index (χ0n) is 15.9. The lowest BCUT2D eigenvalue weighted by atomic mass is 10.2. The van der Waals surface area contributed by atoms with Crippen molar-refractivity contribution in [1.82, 2.24) is 10.4 Å². The number of hydrazone groups is 1. The third-order valence-corrected chi connectivity index (χ3v) is 5.10. The Morgan fingerprint density at radius 3 is 2.66 bits per heavy atom. The molecule has 2 aromatic carbocycles. The van der Waals surface area contributed by atoms with E-state index in [9.17, 15) is 9.18 Å². The number of aliphatic hydroxyl groups excluding tert-OH is 1. The highest BCUT2D eigenvalue weighted by Crippen LogP contribution is 2.24. The van der Waals surface area contributed by atoms with Gasteiger partial charge >= 0.3 is 0 Å². The van der Waals surface area contributed by atoms with Crippen molar-refractivity contribution in [2.45, 2.75) is 6.42 Å². The van der Waals surface area contributed by atoms with Crippen LogP contribution < -0.4 is 10.3 Å². The number of amides is 1. The Morgan fingerprint density at radius 1 is 1.24 bits per heavy atom. The van der Waals surface area contributed by atoms with Crippen LogP contribution in [0.1, 0.15) is 11.3 Å². The summed E-state index contributed by atoms with van der Waals surface area (Å²) in [5.41, 5.74) is 5.78. The minimum atomic E-state index is -0.297. The number of rotatable bonds is 8. The van der Waals surface area contributed by atoms with Crippen molar-refractivity contribution in [2.24, 2.45) is 5.10 Å². The molecule has 0 unspecified atom stereocenters. The van der Waals surface area contributed by atoms with Gasteiger partial charge in [0.25, 0.3) is 0 Å². The van der Waals surface area contributed by atoms with E-state index >= 15 is 0 Å². The van der Waals surface area contributed by atoms with Gasteiger partial charge in [-0.25, -0.2) is 14.8 Å². The van der Waals surface area contributed by atoms with Crippen LogP contribution in [0.25, 0.3) is 10.6 Å². The fourth-order valence-electron chi connectivity index (χ4n) is 2.59. The average Bonchev–Trinajstić information content (AvgIpc) is 3.17. The smallest absolute Gasteiger partial charge is 0.246 e. The highest BCUT2D eigenvalue weighted by Gasteiger charge is 2.09. The summed E-state index contributed by atoms with van der Waals surface area (Å²) < 4.78 is 13.0. The quantitative estimate of drug-likeness (QED) is 0.440. The van der Waals surface area contributed by atoms with E-state index in [1.807, 2.05) is 41.6 Å². The van der Waals surface area contributed by atoms with Crippen LogP contribution in [-0.2, 0) is 11.2 Å². The van der Waals surface area contributed by atoms with Crippen LogP contribution in [0.3, 0.4) is 0 Å². The molecule has 0 fully saturated rings. The molecule has 29 heavy (non-hydrogen) atoms. The SMILES string of the molecule is CN(CCO)c1ccc(/C=N\NC(=O)Cc2csc(-c3ccc(F)cc3)n2)cc1. The zero-order valence-corrected chi connectivity index (χ0v) is 16.7. The van der Waals surface area contributed by atoms with Crippen molar-refractivity contribution in [3.8, 4) is 10.6 Å². The van der Waals surface area contributed by atoms with Crippen LogP contribution in [0.4, 0.5) is 10.1 Å². The van der Waals surface area contributed by atoms with Gasteiger partial charge in [-0.1, -0.05) is 12.1 Å². The molecule has 3 aromatic rings. The lowest BCUT2D eigenvalue weighted by Gasteiger charge is -2.17. The molecule has 0 atom stereocenters. The number of thiazole rings is 1. The molecule has 0 saturated carbocycles. The van der Waals surface area contributed by atoms with E-state index in [1.165, 1.54) is 23.5 Å². The van der Waals surface area contributed by atoms with Gasteiger partial charge in [0.15, 0.2) is 0 Å². The predicted molar refractivity (Wildman–Crippen MR) is 114 cm³/mol. The molecule has 8 heteroatoms. The van der Waals surface area contributed by atoms with Gasteiger partial charge in [0.1, 0.15) is 10.8 Å². The van der Waals surface area contributed by atoms with Gasteiger partial charge in [-0.2, -0.15) is 5.10 Å². The third kappa shape index (κ3) is 5.94. The van der Waals surface area contributed by atoms with E-state index in [2.05, 4.69) is 15.5 Å². The average molecular weight is 412 g/mol. The van der Waals surface area contributed by atoms with Crippen LogP contribution >= 0.6 is 11.3 Å². The summed E-state index contributed by atoms with van der Waals surface area (Å²) in [4.78, 5) is 18.4. The number of aliphatic hydroxyl groups is 1. The van der Waals surface area contributed by atoms with Crippen LogP contribution in [0.5, 0.6) is 0 Å². The molecule has 0 bridgehead atoms. The van der Waals surface area contributed by atoms with Crippen molar-refractivity contribution in [3.05, 3.63) is 71.0 Å². The standard InChI is InChI=1S/C21H21FN4O2S/c1-26(10-11-27)19-8-2-15(3-9-19)13-23-25-20(28)12-18-14-29-21(24-18)16-4-6-17(22)7-5-16/h2-9,13-14,27H,10-12H2,1H3,(H,25,28)/b23-13-. The molecule has 1 amide bonds. The number of carbonyl (C=O) groups is 1. The predicted octanol–water partition coefficient (Wildman–Crippen LogP) is 3.07. The first-order valence-corrected chi connectivity index (χ1v) is 9.87. The maximum atomic E-state index is 13.0. The second-order valence-corrected chi connectivity index (χ2v) is 7.22. The number of halogens is 1. The summed E-state index contributed by atoms with van der Waals surface area (Å²) in [7, 11) is 1.90. The summed E-state index contributed by atoms with van der Waals surface area (Å²) >= 11 is 1.41. The number of benzene rings is 2. The van der Waals surface area contributed by atoms with E-state index in [0.29, 0.717) is 12.2 Å². The maximum Gasteiger partial charge on any atom is 0.246 e. The first-order chi connectivity index (χ1) is 14.0. The fraction of sp³-hybridized carbons (Fsp3) is 0.190. The fourth-order valence-corrected chi connectivity index (χ4v) is 3.42. The first kappa shape index (κ1) is 20.6. The zero-order chi connectivity index (χ0) is 20.6. The second kappa shape index (κ2) is 9.90. The molecule has 0 aliphatic rings. The molecule has 6 nitrogen and oxygen atoms in total. The number of aromatic nitrogens is 1. The Labute approximate surface area is 172 Å². The lowest BCUT2D eigenvalue weighted by molar-refractivity contribution is -0.120. The van der Waals surface area contributed by atoms with Gasteiger partial charge in [-0.05, 0) is 42.0 Å². The van der Waals surface area contributed by atoms with Crippen molar-refractivity contribution >= 4 is 29.1 Å². The Balaban J connectivity index is 1.51. The molecule has 1 aromatic heterocycles. The number of nitrogens with zero attached hydrogens (tertiary/aromatic N) is 3. The van der Waals surface area contributed by atoms with E-state index in [0.717, 1.165) is 21.8 Å². The topological polar surface area (TPSA) is 77.8 Å². The Morgan fingerprint density at radius 2 is 1.97 bits per heavy atom. The normalized spacial score (nSPS) is 11.0. The minimum absolute atomic E-state index is 0.0934. The summed E-state index contributed by atoms with van der Waals surface area (Å²) in [6.07, 6.45) is 1.68. The highest BCUT2D eigenvalue weighted by molar-refractivity contribution is 7.13. The monoisotopic (exact) mass is 412 g/mol. The number of carbonyl (C=O) groups excluding carboxylic acids is 1. The van der Waals surface area contributed by atoms with Crippen molar-refractivity contribution in [1.29, 1.82) is 0 Å². The van der Waals surface area contributed by atoms with Crippen molar-refractivity contribution in [2.75, 3.05) is 25.1 Å². The van der Waals surface area contributed by atoms with Gasteiger partial charge < -0.3 is 10.0 Å². The van der Waals surface area contributed by atoms with E-state index < -0.39 is 0 Å². The van der Waals surface area contributed by atoms with Gasteiger partial charge in [0, 0.05) is 30.2 Å². The molecule has 2 N–H and O–H groups in total. The van der Waals surface area contributed by atoms with Crippen LogP contribution in [0.2, 0.25) is 0 Å². The summed E-state index contributed by atoms with van der Waals surface area (Å²) in [5, 5.41) is 15.5. The van der Waals surface area contributed by atoms with Crippen LogP contribution in [0.15, 0.2) is 59.0 Å². The molecule has 3 rings (SSSR count). The maximum absolute atomic E-state index is 13.0. The summed E-state index contributed by atoms with van der Waals surface area (Å²) in [6.45, 7) is 0.652. The number of likely N-dealkylation sites (N-methyl/N-ethyl adjacent to an activating group) is 1.